The number of esters is 2. The summed E-state index contributed by atoms with van der Waals surface area (Å²) in [5.41, 5.74) is 0.962. The molecule has 1 heterocycles. The summed E-state index contributed by atoms with van der Waals surface area (Å²) in [5.74, 6) is -2.35. The Bertz CT molecular complexity index is 1670. The number of hydrazone groups is 1. The van der Waals surface area contributed by atoms with Crippen LogP contribution in [0, 0.1) is 17.8 Å². The van der Waals surface area contributed by atoms with Crippen molar-refractivity contribution in [3.05, 3.63) is 40.7 Å². The van der Waals surface area contributed by atoms with Gasteiger partial charge in [-0.25, -0.2) is 5.01 Å². The summed E-state index contributed by atoms with van der Waals surface area (Å²) in [7, 11) is 0. The number of nitrogens with zero attached hydrogens (tertiary/aromatic N) is 3. The van der Waals surface area contributed by atoms with E-state index >= 15 is 0 Å². The molecular formula is C42H58N4O8. The lowest BCUT2D eigenvalue weighted by Crippen LogP contribution is -2.40. The Balaban J connectivity index is 1.47. The maximum Gasteiger partial charge on any atom is 0.308 e. The molecule has 1 aromatic rings. The monoisotopic (exact) mass is 746 g/mol. The molecule has 4 aliphatic rings. The fourth-order valence-corrected chi connectivity index (χ4v) is 7.83. The van der Waals surface area contributed by atoms with Crippen LogP contribution in [-0.2, 0) is 33.4 Å². The standard InChI is InChI=1S/C42H58N4O8/c1-7-9-14-27(8-2)38(49)43-32-25-30(19-20-31(32)34-36(47)35(37(34)48)33-26(3)44-46(39(33)50)42(4,5)6)45(21-23-53-40(51)28-15-10-11-16-28)22-24-54-41(52)29-17-12-13-18-29/h19-20,25,27-29,47H,7-18,21-24H2,1-6H3,(H,43,49). The minimum absolute atomic E-state index is 0.00157. The maximum atomic E-state index is 13.9. The Morgan fingerprint density at radius 3 is 1.98 bits per heavy atom. The molecule has 12 heteroatoms. The molecule has 0 bridgehead atoms. The molecule has 1 unspecified atom stereocenters. The number of hydrogen-bond donors (Lipinski definition) is 2. The van der Waals surface area contributed by atoms with E-state index in [9.17, 15) is 29.1 Å². The largest absolute Gasteiger partial charge is 0.506 e. The molecule has 54 heavy (non-hydrogen) atoms. The molecule has 294 valence electrons. The lowest BCUT2D eigenvalue weighted by Gasteiger charge is -2.29. The van der Waals surface area contributed by atoms with Crippen molar-refractivity contribution in [1.29, 1.82) is 0 Å². The van der Waals surface area contributed by atoms with Crippen molar-refractivity contribution < 1.29 is 38.6 Å². The molecular weight excluding hydrogens is 688 g/mol. The van der Waals surface area contributed by atoms with Gasteiger partial charge in [0, 0.05) is 17.2 Å². The van der Waals surface area contributed by atoms with Crippen LogP contribution in [-0.4, -0.2) is 77.2 Å². The Morgan fingerprint density at radius 1 is 0.926 bits per heavy atom. The van der Waals surface area contributed by atoms with E-state index in [0.29, 0.717) is 48.6 Å². The molecule has 1 aliphatic heterocycles. The number of rotatable bonds is 16. The Labute approximate surface area is 319 Å². The van der Waals surface area contributed by atoms with Gasteiger partial charge in [0.2, 0.25) is 11.7 Å². The first-order chi connectivity index (χ1) is 25.8. The smallest absolute Gasteiger partial charge is 0.308 e. The lowest BCUT2D eigenvalue weighted by molar-refractivity contribution is -0.148. The van der Waals surface area contributed by atoms with Crippen molar-refractivity contribution in [2.75, 3.05) is 36.5 Å². The van der Waals surface area contributed by atoms with E-state index in [1.54, 1.807) is 25.1 Å². The van der Waals surface area contributed by atoms with Crippen LogP contribution in [0.3, 0.4) is 0 Å². The van der Waals surface area contributed by atoms with Crippen LogP contribution in [0.15, 0.2) is 40.2 Å². The first kappa shape index (κ1) is 40.7. The summed E-state index contributed by atoms with van der Waals surface area (Å²) in [6.45, 7) is 12.0. The van der Waals surface area contributed by atoms with Gasteiger partial charge in [-0.05, 0) is 84.4 Å². The van der Waals surface area contributed by atoms with Gasteiger partial charge in [0.15, 0.2) is 0 Å². The highest BCUT2D eigenvalue weighted by atomic mass is 16.5. The number of anilines is 2. The summed E-state index contributed by atoms with van der Waals surface area (Å²) >= 11 is 0. The third kappa shape index (κ3) is 9.06. The van der Waals surface area contributed by atoms with Gasteiger partial charge in [0.05, 0.1) is 58.6 Å². The number of ketones is 1. The predicted molar refractivity (Wildman–Crippen MR) is 208 cm³/mol. The molecule has 0 aromatic heterocycles. The van der Waals surface area contributed by atoms with Gasteiger partial charge >= 0.3 is 11.9 Å². The molecule has 0 saturated heterocycles. The number of carbonyl (C=O) groups is 5. The number of carbonyl (C=O) groups excluding carboxylic acids is 5. The van der Waals surface area contributed by atoms with Crippen LogP contribution in [0.25, 0.3) is 5.57 Å². The first-order valence-electron chi connectivity index (χ1n) is 19.9. The van der Waals surface area contributed by atoms with E-state index in [1.165, 1.54) is 5.01 Å². The number of nitrogens with one attached hydrogen (secondary N) is 1. The minimum Gasteiger partial charge on any atom is -0.506 e. The second kappa shape index (κ2) is 17.8. The molecule has 1 atom stereocenters. The van der Waals surface area contributed by atoms with Crippen LogP contribution in [0.1, 0.15) is 124 Å². The number of ether oxygens (including phenoxy) is 2. The van der Waals surface area contributed by atoms with Crippen molar-refractivity contribution in [3.63, 3.8) is 0 Å². The number of aliphatic hydroxyl groups excluding tert-OH is 1. The fraction of sp³-hybridized carbons (Fsp3) is 0.619. The van der Waals surface area contributed by atoms with Gasteiger partial charge in [-0.2, -0.15) is 5.10 Å². The van der Waals surface area contributed by atoms with Gasteiger partial charge in [0.1, 0.15) is 19.0 Å². The molecule has 2 saturated carbocycles. The van der Waals surface area contributed by atoms with Crippen molar-refractivity contribution in [3.8, 4) is 0 Å². The molecule has 2 N–H and O–H groups in total. The van der Waals surface area contributed by atoms with Gasteiger partial charge in [-0.1, -0.05) is 52.4 Å². The average Bonchev–Trinajstić information content (AvgIpc) is 3.93. The Morgan fingerprint density at radius 2 is 1.50 bits per heavy atom. The number of benzene rings is 1. The molecule has 5 rings (SSSR count). The Kier molecular flexibility index (Phi) is 13.4. The summed E-state index contributed by atoms with van der Waals surface area (Å²) < 4.78 is 11.4. The lowest BCUT2D eigenvalue weighted by atomic mass is 9.79. The topological polar surface area (TPSA) is 155 Å². The third-order valence-electron chi connectivity index (χ3n) is 11.1. The van der Waals surface area contributed by atoms with Crippen LogP contribution >= 0.6 is 0 Å². The van der Waals surface area contributed by atoms with Gasteiger partial charge < -0.3 is 24.8 Å². The van der Waals surface area contributed by atoms with Crippen molar-refractivity contribution in [2.45, 2.75) is 124 Å². The number of Topliss-reactive ketones (excluding diaryl/α,β-unsaturated/α-hetero) is 1. The van der Waals surface area contributed by atoms with Crippen molar-refractivity contribution >= 4 is 52.2 Å². The zero-order valence-corrected chi connectivity index (χ0v) is 32.9. The molecule has 3 aliphatic carbocycles. The molecule has 1 aromatic carbocycles. The predicted octanol–water partition coefficient (Wildman–Crippen LogP) is 7.28. The van der Waals surface area contributed by atoms with Crippen molar-refractivity contribution in [1.82, 2.24) is 5.01 Å². The zero-order valence-electron chi connectivity index (χ0n) is 32.9. The van der Waals surface area contributed by atoms with Crippen LogP contribution in [0.4, 0.5) is 11.4 Å². The summed E-state index contributed by atoms with van der Waals surface area (Å²) in [6, 6.07) is 5.18. The molecule has 2 fully saturated rings. The number of unbranched alkanes of at least 4 members (excludes halogenated alkanes) is 1. The second-order valence-corrected chi connectivity index (χ2v) is 16.0. The zero-order chi connectivity index (χ0) is 39.2. The SMILES string of the molecule is CCCCC(CC)C(=O)Nc1cc(N(CCOC(=O)C2CCCC2)CCOC(=O)C2CCCC2)ccc1C1=C(O)C(=C2C(=O)N(C(C)(C)C)N=C2C)C1=O. The normalized spacial score (nSPS) is 20.0. The summed E-state index contributed by atoms with van der Waals surface area (Å²) in [5, 5.41) is 20.2. The minimum atomic E-state index is -0.633. The molecule has 12 nitrogen and oxygen atoms in total. The van der Waals surface area contributed by atoms with Crippen molar-refractivity contribution in [2.24, 2.45) is 22.9 Å². The number of allylic oxidation sites excluding steroid dienone is 2. The van der Waals surface area contributed by atoms with E-state index in [0.717, 1.165) is 64.2 Å². The number of aliphatic hydroxyl groups is 1. The van der Waals surface area contributed by atoms with Gasteiger partial charge in [0.25, 0.3) is 5.91 Å². The first-order valence-corrected chi connectivity index (χ1v) is 19.9. The summed E-state index contributed by atoms with van der Waals surface area (Å²) in [6.07, 6.45) is 10.5. The Hall–Kier alpha value is -4.48. The third-order valence-corrected chi connectivity index (χ3v) is 11.1. The average molecular weight is 747 g/mol. The van der Waals surface area contributed by atoms with Crippen LogP contribution in [0.2, 0.25) is 0 Å². The molecule has 0 spiro atoms. The number of amides is 2. The van der Waals surface area contributed by atoms with Gasteiger partial charge in [-0.15, -0.1) is 0 Å². The van der Waals surface area contributed by atoms with E-state index in [2.05, 4.69) is 17.3 Å². The van der Waals surface area contributed by atoms with E-state index < -0.39 is 17.2 Å². The fourth-order valence-electron chi connectivity index (χ4n) is 7.83. The van der Waals surface area contributed by atoms with E-state index in [-0.39, 0.29) is 71.3 Å². The molecule has 2 amide bonds. The van der Waals surface area contributed by atoms with E-state index in [1.807, 2.05) is 32.6 Å². The quantitative estimate of drug-likeness (QED) is 0.131. The maximum absolute atomic E-state index is 13.9. The van der Waals surface area contributed by atoms with Crippen LogP contribution < -0.4 is 10.2 Å². The van der Waals surface area contributed by atoms with Crippen LogP contribution in [0.5, 0.6) is 0 Å². The summed E-state index contributed by atoms with van der Waals surface area (Å²) in [4.78, 5) is 68.5. The highest BCUT2D eigenvalue weighted by Crippen LogP contribution is 2.43. The number of hydrogen-bond acceptors (Lipinski definition) is 10. The molecule has 0 radical (unpaired) electrons. The highest BCUT2D eigenvalue weighted by Gasteiger charge is 2.45. The highest BCUT2D eigenvalue weighted by molar-refractivity contribution is 6.44. The van der Waals surface area contributed by atoms with E-state index in [4.69, 9.17) is 9.47 Å². The second-order valence-electron chi connectivity index (χ2n) is 16.0. The van der Waals surface area contributed by atoms with Gasteiger partial charge in [-0.3, -0.25) is 24.0 Å².